The lowest BCUT2D eigenvalue weighted by Crippen LogP contribution is -2.37. The molecule has 9 nitrogen and oxygen atoms in total. The standard InChI is InChI=1S/C20H29N5O4/c1-5-17-24-14(12-28-17)10-21-18(26)15-11-23-25-7-6-13(8-16(15)25)9-22-19(27)29-20(2,3)4/h11-13H,5-10H2,1-4H3,(H,21,26)(H,22,27). The van der Waals surface area contributed by atoms with Gasteiger partial charge in [-0.2, -0.15) is 5.10 Å². The molecular weight excluding hydrogens is 374 g/mol. The number of nitrogens with one attached hydrogen (secondary N) is 2. The van der Waals surface area contributed by atoms with Crippen molar-refractivity contribution in [1.82, 2.24) is 25.4 Å². The van der Waals surface area contributed by atoms with Crippen LogP contribution in [0.25, 0.3) is 0 Å². The molecule has 1 unspecified atom stereocenters. The van der Waals surface area contributed by atoms with Gasteiger partial charge in [-0.1, -0.05) is 6.92 Å². The molecule has 9 heteroatoms. The van der Waals surface area contributed by atoms with Crippen molar-refractivity contribution >= 4 is 12.0 Å². The zero-order chi connectivity index (χ0) is 21.0. The monoisotopic (exact) mass is 403 g/mol. The normalized spacial score (nSPS) is 16.2. The van der Waals surface area contributed by atoms with Gasteiger partial charge >= 0.3 is 6.09 Å². The largest absolute Gasteiger partial charge is 0.449 e. The second kappa shape index (κ2) is 8.67. The number of ether oxygens (including phenoxy) is 1. The van der Waals surface area contributed by atoms with Crippen molar-refractivity contribution < 1.29 is 18.7 Å². The van der Waals surface area contributed by atoms with E-state index in [0.29, 0.717) is 49.6 Å². The molecule has 1 atom stereocenters. The average molecular weight is 403 g/mol. The lowest BCUT2D eigenvalue weighted by atomic mass is 9.94. The van der Waals surface area contributed by atoms with Crippen LogP contribution < -0.4 is 10.6 Å². The molecule has 29 heavy (non-hydrogen) atoms. The van der Waals surface area contributed by atoms with Gasteiger partial charge in [0.05, 0.1) is 29.7 Å². The van der Waals surface area contributed by atoms with E-state index in [4.69, 9.17) is 9.15 Å². The third kappa shape index (κ3) is 5.58. The molecule has 0 radical (unpaired) electrons. The van der Waals surface area contributed by atoms with Crippen molar-refractivity contribution in [3.05, 3.63) is 35.3 Å². The Morgan fingerprint density at radius 3 is 2.83 bits per heavy atom. The van der Waals surface area contributed by atoms with Gasteiger partial charge in [-0.3, -0.25) is 9.48 Å². The van der Waals surface area contributed by atoms with Crippen LogP contribution in [0.1, 0.15) is 61.8 Å². The van der Waals surface area contributed by atoms with Gasteiger partial charge in [-0.15, -0.1) is 0 Å². The van der Waals surface area contributed by atoms with E-state index >= 15 is 0 Å². The van der Waals surface area contributed by atoms with Gasteiger partial charge in [0.2, 0.25) is 0 Å². The minimum Gasteiger partial charge on any atom is -0.449 e. The minimum atomic E-state index is -0.526. The Morgan fingerprint density at radius 1 is 1.34 bits per heavy atom. The summed E-state index contributed by atoms with van der Waals surface area (Å²) in [7, 11) is 0. The van der Waals surface area contributed by atoms with Crippen LogP contribution in [0.5, 0.6) is 0 Å². The zero-order valence-corrected chi connectivity index (χ0v) is 17.4. The second-order valence-corrected chi connectivity index (χ2v) is 8.24. The summed E-state index contributed by atoms with van der Waals surface area (Å²) in [5, 5.41) is 10.0. The first-order valence-electron chi connectivity index (χ1n) is 9.98. The van der Waals surface area contributed by atoms with Crippen LogP contribution in [0.4, 0.5) is 4.79 Å². The molecule has 3 rings (SSSR count). The van der Waals surface area contributed by atoms with E-state index in [1.807, 2.05) is 32.4 Å². The molecule has 158 valence electrons. The van der Waals surface area contributed by atoms with E-state index in [0.717, 1.165) is 12.1 Å². The molecule has 0 saturated heterocycles. The fourth-order valence-electron chi connectivity index (χ4n) is 3.26. The summed E-state index contributed by atoms with van der Waals surface area (Å²) in [4.78, 5) is 28.8. The Labute approximate surface area is 170 Å². The predicted molar refractivity (Wildman–Crippen MR) is 105 cm³/mol. The van der Waals surface area contributed by atoms with Crippen LogP contribution in [0.2, 0.25) is 0 Å². The summed E-state index contributed by atoms with van der Waals surface area (Å²) in [6, 6.07) is 0. The van der Waals surface area contributed by atoms with Gasteiger partial charge < -0.3 is 19.8 Å². The summed E-state index contributed by atoms with van der Waals surface area (Å²) in [5.41, 5.74) is 1.61. The number of rotatable bonds is 6. The average Bonchev–Trinajstić information content (AvgIpc) is 3.29. The maximum Gasteiger partial charge on any atom is 0.407 e. The highest BCUT2D eigenvalue weighted by atomic mass is 16.6. The fraction of sp³-hybridized carbons (Fsp3) is 0.600. The summed E-state index contributed by atoms with van der Waals surface area (Å²) >= 11 is 0. The number of carbonyl (C=O) groups excluding carboxylic acids is 2. The van der Waals surface area contributed by atoms with E-state index in [2.05, 4.69) is 20.7 Å². The van der Waals surface area contributed by atoms with Crippen LogP contribution in [0, 0.1) is 5.92 Å². The number of alkyl carbamates (subject to hydrolysis) is 1. The minimum absolute atomic E-state index is 0.187. The van der Waals surface area contributed by atoms with Crippen molar-refractivity contribution in [2.75, 3.05) is 6.54 Å². The number of aromatic nitrogens is 3. The highest BCUT2D eigenvalue weighted by Gasteiger charge is 2.26. The van der Waals surface area contributed by atoms with Crippen molar-refractivity contribution in [3.63, 3.8) is 0 Å². The van der Waals surface area contributed by atoms with Crippen LogP contribution in [-0.4, -0.2) is 38.9 Å². The first-order valence-corrected chi connectivity index (χ1v) is 9.98. The van der Waals surface area contributed by atoms with Crippen molar-refractivity contribution in [2.45, 2.75) is 65.6 Å². The third-order valence-corrected chi connectivity index (χ3v) is 4.69. The molecule has 2 aromatic rings. The molecule has 0 aliphatic carbocycles. The second-order valence-electron chi connectivity index (χ2n) is 8.24. The van der Waals surface area contributed by atoms with Crippen molar-refractivity contribution in [3.8, 4) is 0 Å². The fourth-order valence-corrected chi connectivity index (χ4v) is 3.26. The first kappa shape index (κ1) is 20.9. The third-order valence-electron chi connectivity index (χ3n) is 4.69. The number of oxazole rings is 1. The summed E-state index contributed by atoms with van der Waals surface area (Å²) in [5.74, 6) is 0.687. The van der Waals surface area contributed by atoms with Gasteiger partial charge in [0.15, 0.2) is 5.89 Å². The Balaban J connectivity index is 1.55. The van der Waals surface area contributed by atoms with E-state index in [1.54, 1.807) is 12.5 Å². The van der Waals surface area contributed by atoms with E-state index in [-0.39, 0.29) is 11.8 Å². The van der Waals surface area contributed by atoms with Crippen molar-refractivity contribution in [2.24, 2.45) is 5.92 Å². The highest BCUT2D eigenvalue weighted by Crippen LogP contribution is 2.23. The topological polar surface area (TPSA) is 111 Å². The number of carbonyl (C=O) groups is 2. The van der Waals surface area contributed by atoms with Crippen LogP contribution in [0.15, 0.2) is 16.9 Å². The summed E-state index contributed by atoms with van der Waals surface area (Å²) in [6.07, 6.45) is 5.00. The molecule has 0 saturated carbocycles. The number of amides is 2. The zero-order valence-electron chi connectivity index (χ0n) is 17.4. The molecule has 0 bridgehead atoms. The Hall–Kier alpha value is -2.84. The molecule has 2 amide bonds. The quantitative estimate of drug-likeness (QED) is 0.766. The Kier molecular flexibility index (Phi) is 6.24. The van der Waals surface area contributed by atoms with Crippen LogP contribution in [-0.2, 0) is 30.7 Å². The maximum atomic E-state index is 12.6. The molecule has 3 heterocycles. The number of hydrogen-bond donors (Lipinski definition) is 2. The van der Waals surface area contributed by atoms with Gasteiger partial charge in [0.25, 0.3) is 5.91 Å². The summed E-state index contributed by atoms with van der Waals surface area (Å²) < 4.78 is 12.4. The number of nitrogens with zero attached hydrogens (tertiary/aromatic N) is 3. The van der Waals surface area contributed by atoms with Gasteiger partial charge in [0, 0.05) is 19.5 Å². The smallest absolute Gasteiger partial charge is 0.407 e. The van der Waals surface area contributed by atoms with Crippen LogP contribution >= 0.6 is 0 Å². The SMILES string of the molecule is CCc1nc(CNC(=O)c2cnn3c2CC(CNC(=O)OC(C)(C)C)CC3)co1. The molecular formula is C20H29N5O4. The highest BCUT2D eigenvalue weighted by molar-refractivity contribution is 5.95. The number of hydrogen-bond acceptors (Lipinski definition) is 6. The summed E-state index contributed by atoms with van der Waals surface area (Å²) in [6.45, 7) is 8.97. The number of aryl methyl sites for hydroxylation is 2. The molecule has 1 aliphatic heterocycles. The van der Waals surface area contributed by atoms with E-state index in [9.17, 15) is 9.59 Å². The van der Waals surface area contributed by atoms with Crippen LogP contribution in [0.3, 0.4) is 0 Å². The Bertz CT molecular complexity index is 865. The predicted octanol–water partition coefficient (Wildman–Crippen LogP) is 2.45. The molecule has 0 spiro atoms. The van der Waals surface area contributed by atoms with Gasteiger partial charge in [-0.05, 0) is 39.5 Å². The Morgan fingerprint density at radius 2 is 2.14 bits per heavy atom. The molecule has 2 aromatic heterocycles. The lowest BCUT2D eigenvalue weighted by Gasteiger charge is -2.25. The number of fused-ring (bicyclic) bond motifs is 1. The van der Waals surface area contributed by atoms with E-state index < -0.39 is 11.7 Å². The molecule has 0 aromatic carbocycles. The lowest BCUT2D eigenvalue weighted by molar-refractivity contribution is 0.0516. The van der Waals surface area contributed by atoms with Crippen molar-refractivity contribution in [1.29, 1.82) is 0 Å². The molecule has 1 aliphatic rings. The molecule has 0 fully saturated rings. The maximum absolute atomic E-state index is 12.6. The van der Waals surface area contributed by atoms with E-state index in [1.165, 1.54) is 0 Å². The van der Waals surface area contributed by atoms with Gasteiger partial charge in [0.1, 0.15) is 11.9 Å². The first-order chi connectivity index (χ1) is 13.7. The molecule has 2 N–H and O–H groups in total. The van der Waals surface area contributed by atoms with Gasteiger partial charge in [-0.25, -0.2) is 9.78 Å².